The largest absolute Gasteiger partial charge is 0.329 e. The molecule has 0 unspecified atom stereocenters. The molecule has 2 amide bonds. The molecule has 2 aromatic carbocycles. The topological polar surface area (TPSA) is 70.6 Å². The van der Waals surface area contributed by atoms with Gasteiger partial charge in [-0.1, -0.05) is 55.5 Å². The van der Waals surface area contributed by atoms with Gasteiger partial charge in [0.05, 0.1) is 6.21 Å². The zero-order chi connectivity index (χ0) is 15.8. The van der Waals surface area contributed by atoms with Crippen molar-refractivity contribution >= 4 is 23.7 Å². The fourth-order valence-corrected chi connectivity index (χ4v) is 1.88. The molecule has 0 aliphatic rings. The average Bonchev–Trinajstić information content (AvgIpc) is 2.56. The van der Waals surface area contributed by atoms with Crippen molar-refractivity contribution < 1.29 is 9.59 Å². The number of benzene rings is 2. The monoisotopic (exact) mass is 295 g/mol. The third-order valence-electron chi connectivity index (χ3n) is 3.03. The van der Waals surface area contributed by atoms with Gasteiger partial charge >= 0.3 is 11.8 Å². The predicted octanol–water partition coefficient (Wildman–Crippen LogP) is 2.34. The van der Waals surface area contributed by atoms with Crippen molar-refractivity contribution in [3.05, 3.63) is 65.7 Å². The molecule has 0 fully saturated rings. The van der Waals surface area contributed by atoms with Crippen LogP contribution in [0.5, 0.6) is 0 Å². The molecule has 0 aliphatic heterocycles. The number of nitrogens with zero attached hydrogens (tertiary/aromatic N) is 1. The quantitative estimate of drug-likeness (QED) is 0.516. The fraction of sp³-hybridized carbons (Fsp3) is 0.118. The lowest BCUT2D eigenvalue weighted by atomic mass is 10.1. The van der Waals surface area contributed by atoms with E-state index in [1.165, 1.54) is 6.21 Å². The number of para-hydroxylation sites is 1. The molecule has 0 heterocycles. The summed E-state index contributed by atoms with van der Waals surface area (Å²) in [5.41, 5.74) is 4.65. The highest BCUT2D eigenvalue weighted by molar-refractivity contribution is 6.39. The lowest BCUT2D eigenvalue weighted by Gasteiger charge is -2.08. The summed E-state index contributed by atoms with van der Waals surface area (Å²) in [5, 5.41) is 6.35. The molecule has 0 bridgehead atoms. The normalized spacial score (nSPS) is 10.4. The van der Waals surface area contributed by atoms with Crippen molar-refractivity contribution in [3.8, 4) is 0 Å². The Hall–Kier alpha value is -2.95. The second-order valence-electron chi connectivity index (χ2n) is 4.57. The predicted molar refractivity (Wildman–Crippen MR) is 86.6 cm³/mol. The molecular weight excluding hydrogens is 278 g/mol. The Morgan fingerprint density at radius 1 is 1.00 bits per heavy atom. The Kier molecular flexibility index (Phi) is 5.43. The van der Waals surface area contributed by atoms with Crippen LogP contribution in [-0.4, -0.2) is 18.0 Å². The molecule has 2 aromatic rings. The second-order valence-corrected chi connectivity index (χ2v) is 4.57. The highest BCUT2D eigenvalue weighted by Gasteiger charge is 2.13. The summed E-state index contributed by atoms with van der Waals surface area (Å²) in [4.78, 5) is 23.5. The number of carbonyl (C=O) groups excluding carboxylic acids is 2. The lowest BCUT2D eigenvalue weighted by Crippen LogP contribution is -2.32. The maximum atomic E-state index is 11.8. The van der Waals surface area contributed by atoms with Crippen molar-refractivity contribution in [2.24, 2.45) is 5.10 Å². The van der Waals surface area contributed by atoms with Gasteiger partial charge in [-0.2, -0.15) is 5.10 Å². The summed E-state index contributed by atoms with van der Waals surface area (Å²) < 4.78 is 0. The number of nitrogens with one attached hydrogen (secondary N) is 2. The first-order chi connectivity index (χ1) is 10.7. The molecule has 0 radical (unpaired) electrons. The number of rotatable bonds is 4. The summed E-state index contributed by atoms with van der Waals surface area (Å²) in [5.74, 6) is -1.55. The molecule has 112 valence electrons. The van der Waals surface area contributed by atoms with E-state index in [9.17, 15) is 9.59 Å². The molecule has 0 atom stereocenters. The first kappa shape index (κ1) is 15.4. The van der Waals surface area contributed by atoms with Crippen LogP contribution in [0.3, 0.4) is 0 Å². The van der Waals surface area contributed by atoms with Gasteiger partial charge in [0.25, 0.3) is 0 Å². The first-order valence-electron chi connectivity index (χ1n) is 6.98. The van der Waals surface area contributed by atoms with E-state index in [0.29, 0.717) is 5.69 Å². The highest BCUT2D eigenvalue weighted by atomic mass is 16.2. The number of hydrazone groups is 1. The van der Waals surface area contributed by atoms with E-state index in [4.69, 9.17) is 0 Å². The zero-order valence-corrected chi connectivity index (χ0v) is 12.2. The molecular formula is C17H17N3O2. The van der Waals surface area contributed by atoms with Gasteiger partial charge in [-0.25, -0.2) is 5.43 Å². The Bertz CT molecular complexity index is 681. The Morgan fingerprint density at radius 3 is 2.41 bits per heavy atom. The molecule has 5 nitrogen and oxygen atoms in total. The maximum Gasteiger partial charge on any atom is 0.329 e. The van der Waals surface area contributed by atoms with E-state index in [1.807, 2.05) is 49.4 Å². The van der Waals surface area contributed by atoms with E-state index in [2.05, 4.69) is 15.8 Å². The molecule has 0 saturated heterocycles. The van der Waals surface area contributed by atoms with Crippen molar-refractivity contribution in [2.75, 3.05) is 5.32 Å². The number of hydrogen-bond acceptors (Lipinski definition) is 3. The van der Waals surface area contributed by atoms with Gasteiger partial charge in [-0.05, 0) is 23.6 Å². The number of carbonyl (C=O) groups is 2. The molecule has 0 saturated carbocycles. The minimum absolute atomic E-state index is 0.636. The molecule has 0 aliphatic carbocycles. The van der Waals surface area contributed by atoms with Gasteiger partial charge in [0.1, 0.15) is 0 Å². The molecule has 0 aromatic heterocycles. The van der Waals surface area contributed by atoms with Crippen molar-refractivity contribution in [1.29, 1.82) is 0 Å². The van der Waals surface area contributed by atoms with Crippen LogP contribution in [0, 0.1) is 0 Å². The van der Waals surface area contributed by atoms with E-state index >= 15 is 0 Å². The molecule has 2 N–H and O–H groups in total. The summed E-state index contributed by atoms with van der Waals surface area (Å²) in [7, 11) is 0. The highest BCUT2D eigenvalue weighted by Crippen LogP contribution is 2.14. The van der Waals surface area contributed by atoms with Gasteiger partial charge in [0.2, 0.25) is 0 Å². The van der Waals surface area contributed by atoms with E-state index in [-0.39, 0.29) is 0 Å². The van der Waals surface area contributed by atoms with Crippen LogP contribution in [0.2, 0.25) is 0 Å². The van der Waals surface area contributed by atoms with Gasteiger partial charge in [0, 0.05) is 5.69 Å². The van der Waals surface area contributed by atoms with Gasteiger partial charge in [-0.3, -0.25) is 9.59 Å². The van der Waals surface area contributed by atoms with Gasteiger partial charge in [0.15, 0.2) is 0 Å². The molecule has 2 rings (SSSR count). The fourth-order valence-electron chi connectivity index (χ4n) is 1.88. The number of amides is 2. The Balaban J connectivity index is 1.92. The van der Waals surface area contributed by atoms with Crippen molar-refractivity contribution in [1.82, 2.24) is 5.43 Å². The number of anilines is 1. The SMILES string of the molecule is CCc1ccccc1NC(=O)C(=O)N/N=C\c1ccccc1. The van der Waals surface area contributed by atoms with Gasteiger partial charge < -0.3 is 5.32 Å². The Labute approximate surface area is 129 Å². The van der Waals surface area contributed by atoms with Crippen LogP contribution in [-0.2, 0) is 16.0 Å². The van der Waals surface area contributed by atoms with Crippen LogP contribution in [0.4, 0.5) is 5.69 Å². The molecule has 22 heavy (non-hydrogen) atoms. The Morgan fingerprint density at radius 2 is 1.68 bits per heavy atom. The minimum atomic E-state index is -0.807. The lowest BCUT2D eigenvalue weighted by molar-refractivity contribution is -0.136. The number of aryl methyl sites for hydroxylation is 1. The summed E-state index contributed by atoms with van der Waals surface area (Å²) in [6.45, 7) is 1.98. The van der Waals surface area contributed by atoms with E-state index < -0.39 is 11.8 Å². The third-order valence-corrected chi connectivity index (χ3v) is 3.03. The third kappa shape index (κ3) is 4.28. The maximum absolute atomic E-state index is 11.8. The minimum Gasteiger partial charge on any atom is -0.317 e. The number of hydrogen-bond donors (Lipinski definition) is 2. The van der Waals surface area contributed by atoms with Gasteiger partial charge in [-0.15, -0.1) is 0 Å². The van der Waals surface area contributed by atoms with Crippen LogP contribution >= 0.6 is 0 Å². The van der Waals surface area contributed by atoms with E-state index in [0.717, 1.165) is 17.5 Å². The average molecular weight is 295 g/mol. The van der Waals surface area contributed by atoms with Crippen molar-refractivity contribution in [3.63, 3.8) is 0 Å². The van der Waals surface area contributed by atoms with Crippen LogP contribution < -0.4 is 10.7 Å². The van der Waals surface area contributed by atoms with Crippen LogP contribution in [0.15, 0.2) is 59.7 Å². The van der Waals surface area contributed by atoms with Crippen LogP contribution in [0.25, 0.3) is 0 Å². The van der Waals surface area contributed by atoms with Crippen molar-refractivity contribution in [2.45, 2.75) is 13.3 Å². The smallest absolute Gasteiger partial charge is 0.317 e. The summed E-state index contributed by atoms with van der Waals surface area (Å²) in [6, 6.07) is 16.6. The zero-order valence-electron chi connectivity index (χ0n) is 12.2. The van der Waals surface area contributed by atoms with E-state index in [1.54, 1.807) is 12.1 Å². The molecule has 0 spiro atoms. The van der Waals surface area contributed by atoms with Crippen LogP contribution in [0.1, 0.15) is 18.1 Å². The standard InChI is InChI=1S/C17H17N3O2/c1-2-14-10-6-7-11-15(14)19-16(21)17(22)20-18-12-13-8-4-3-5-9-13/h3-12H,2H2,1H3,(H,19,21)(H,20,22)/b18-12-. The molecule has 5 heteroatoms. The second kappa shape index (κ2) is 7.73. The summed E-state index contributed by atoms with van der Waals surface area (Å²) >= 11 is 0. The summed E-state index contributed by atoms with van der Waals surface area (Å²) in [6.07, 6.45) is 2.25. The first-order valence-corrected chi connectivity index (χ1v) is 6.98.